The summed E-state index contributed by atoms with van der Waals surface area (Å²) in [6.45, 7) is 0. The zero-order valence-electron chi connectivity index (χ0n) is 16.2. The number of aromatic nitrogens is 3. The molecule has 0 saturated carbocycles. The molecule has 29 heavy (non-hydrogen) atoms. The SMILES string of the molecule is Cn1c(-c2cc(N3[C@@H]4C[C@@H](NS(C)(=O)=O)C[C@H]3C4)ncc2Cl)nc2ccccc21. The van der Waals surface area contributed by atoms with Crippen LogP contribution in [0.3, 0.4) is 0 Å². The van der Waals surface area contributed by atoms with E-state index in [1.165, 1.54) is 6.26 Å². The zero-order valence-corrected chi connectivity index (χ0v) is 17.8. The summed E-state index contributed by atoms with van der Waals surface area (Å²) >= 11 is 6.50. The lowest BCUT2D eigenvalue weighted by molar-refractivity contribution is 0.209. The fraction of sp³-hybridized carbons (Fsp3) is 0.400. The maximum absolute atomic E-state index is 11.6. The van der Waals surface area contributed by atoms with Crippen molar-refractivity contribution in [2.24, 2.45) is 7.05 Å². The molecule has 5 rings (SSSR count). The topological polar surface area (TPSA) is 80.1 Å². The third kappa shape index (κ3) is 3.29. The molecule has 2 aliphatic heterocycles. The predicted octanol–water partition coefficient (Wildman–Crippen LogP) is 2.95. The molecule has 152 valence electrons. The highest BCUT2D eigenvalue weighted by Crippen LogP contribution is 2.43. The van der Waals surface area contributed by atoms with E-state index in [-0.39, 0.29) is 18.1 Å². The molecule has 2 saturated heterocycles. The van der Waals surface area contributed by atoms with Gasteiger partial charge in [0.15, 0.2) is 0 Å². The number of hydrogen-bond donors (Lipinski definition) is 1. The lowest BCUT2D eigenvalue weighted by atomic mass is 9.77. The number of rotatable bonds is 4. The van der Waals surface area contributed by atoms with E-state index in [0.717, 1.165) is 47.5 Å². The van der Waals surface area contributed by atoms with Crippen LogP contribution in [0.4, 0.5) is 5.82 Å². The molecule has 1 N–H and O–H groups in total. The van der Waals surface area contributed by atoms with E-state index >= 15 is 0 Å². The number of aryl methyl sites for hydroxylation is 1. The molecule has 2 bridgehead atoms. The van der Waals surface area contributed by atoms with Crippen LogP contribution in [0.1, 0.15) is 19.3 Å². The fourth-order valence-corrected chi connectivity index (χ4v) is 5.76. The first kappa shape index (κ1) is 18.8. The van der Waals surface area contributed by atoms with Gasteiger partial charge in [-0.3, -0.25) is 0 Å². The number of nitrogens with one attached hydrogen (secondary N) is 1. The third-order valence-electron chi connectivity index (χ3n) is 5.96. The van der Waals surface area contributed by atoms with Crippen LogP contribution >= 0.6 is 11.6 Å². The highest BCUT2D eigenvalue weighted by Gasteiger charge is 2.46. The van der Waals surface area contributed by atoms with Gasteiger partial charge in [-0.15, -0.1) is 0 Å². The number of halogens is 1. The van der Waals surface area contributed by atoms with E-state index in [2.05, 4.69) is 14.6 Å². The molecule has 3 atom stereocenters. The van der Waals surface area contributed by atoms with Gasteiger partial charge in [0.1, 0.15) is 11.6 Å². The molecule has 1 aromatic carbocycles. The van der Waals surface area contributed by atoms with Gasteiger partial charge in [-0.1, -0.05) is 23.7 Å². The van der Waals surface area contributed by atoms with Gasteiger partial charge in [-0.25, -0.2) is 23.1 Å². The monoisotopic (exact) mass is 431 g/mol. The number of fused-ring (bicyclic) bond motifs is 3. The summed E-state index contributed by atoms with van der Waals surface area (Å²) in [5.41, 5.74) is 2.83. The molecule has 0 unspecified atom stereocenters. The maximum atomic E-state index is 11.6. The first-order valence-electron chi connectivity index (χ1n) is 9.63. The van der Waals surface area contributed by atoms with Crippen molar-refractivity contribution in [2.75, 3.05) is 11.2 Å². The minimum atomic E-state index is -3.19. The largest absolute Gasteiger partial charge is 0.350 e. The van der Waals surface area contributed by atoms with Gasteiger partial charge in [-0.2, -0.15) is 0 Å². The van der Waals surface area contributed by atoms with Crippen LogP contribution < -0.4 is 9.62 Å². The van der Waals surface area contributed by atoms with Crippen LogP contribution in [0.15, 0.2) is 36.5 Å². The van der Waals surface area contributed by atoms with Crippen LogP contribution in [0, 0.1) is 0 Å². The summed E-state index contributed by atoms with van der Waals surface area (Å²) in [6, 6.07) is 10.6. The molecule has 2 fully saturated rings. The lowest BCUT2D eigenvalue weighted by Crippen LogP contribution is -2.64. The standard InChI is InChI=1S/C20H22ClN5O2S/c1-25-18-6-4-3-5-17(18)23-20(25)15-10-19(22-11-16(15)21)26-13-7-12(8-14(26)9-13)24-29(2,27)28/h3-6,10-14,24H,7-9H2,1-2H3/t12-,13-,14+. The fourth-order valence-electron chi connectivity index (χ4n) is 4.77. The third-order valence-corrected chi connectivity index (χ3v) is 7.02. The number of pyridine rings is 1. The van der Waals surface area contributed by atoms with Gasteiger partial charge < -0.3 is 9.47 Å². The second kappa shape index (κ2) is 6.68. The van der Waals surface area contributed by atoms with Crippen molar-refractivity contribution in [1.29, 1.82) is 0 Å². The Morgan fingerprint density at radius 3 is 2.59 bits per heavy atom. The van der Waals surface area contributed by atoms with E-state index in [1.54, 1.807) is 6.20 Å². The van der Waals surface area contributed by atoms with Gasteiger partial charge in [0.25, 0.3) is 0 Å². The zero-order chi connectivity index (χ0) is 20.3. The molecule has 0 amide bonds. The maximum Gasteiger partial charge on any atom is 0.208 e. The number of nitrogens with zero attached hydrogens (tertiary/aromatic N) is 4. The first-order chi connectivity index (χ1) is 13.8. The van der Waals surface area contributed by atoms with Crippen LogP contribution in [0.25, 0.3) is 22.4 Å². The Hall–Kier alpha value is -2.16. The van der Waals surface area contributed by atoms with Crippen molar-refractivity contribution in [1.82, 2.24) is 19.3 Å². The summed E-state index contributed by atoms with van der Waals surface area (Å²) in [5.74, 6) is 1.68. The van der Waals surface area contributed by atoms with E-state index in [4.69, 9.17) is 16.6 Å². The van der Waals surface area contributed by atoms with Crippen molar-refractivity contribution in [3.05, 3.63) is 41.6 Å². The quantitative estimate of drug-likeness (QED) is 0.687. The average Bonchev–Trinajstić information content (AvgIpc) is 2.99. The Bertz CT molecular complexity index is 1200. The van der Waals surface area contributed by atoms with Crippen molar-refractivity contribution in [3.8, 4) is 11.4 Å². The number of para-hydroxylation sites is 2. The van der Waals surface area contributed by atoms with E-state index in [9.17, 15) is 8.42 Å². The van der Waals surface area contributed by atoms with Gasteiger partial charge in [0.05, 0.1) is 22.3 Å². The summed E-state index contributed by atoms with van der Waals surface area (Å²) in [5, 5.41) is 0.564. The van der Waals surface area contributed by atoms with Crippen molar-refractivity contribution in [3.63, 3.8) is 0 Å². The van der Waals surface area contributed by atoms with E-state index in [0.29, 0.717) is 5.02 Å². The highest BCUT2D eigenvalue weighted by molar-refractivity contribution is 7.88. The van der Waals surface area contributed by atoms with Gasteiger partial charge in [0, 0.05) is 36.9 Å². The van der Waals surface area contributed by atoms with Gasteiger partial charge in [0.2, 0.25) is 10.0 Å². The summed E-state index contributed by atoms with van der Waals surface area (Å²) < 4.78 is 27.9. The number of imidazole rings is 1. The number of sulfonamides is 1. The van der Waals surface area contributed by atoms with Crippen molar-refractivity contribution in [2.45, 2.75) is 37.4 Å². The summed E-state index contributed by atoms with van der Waals surface area (Å²) in [4.78, 5) is 11.6. The predicted molar refractivity (Wildman–Crippen MR) is 115 cm³/mol. The smallest absolute Gasteiger partial charge is 0.208 e. The molecule has 0 aliphatic carbocycles. The molecule has 2 aliphatic rings. The molecule has 4 heterocycles. The highest BCUT2D eigenvalue weighted by atomic mass is 35.5. The van der Waals surface area contributed by atoms with E-state index in [1.807, 2.05) is 41.9 Å². The lowest BCUT2D eigenvalue weighted by Gasteiger charge is -2.56. The number of hydrogen-bond acceptors (Lipinski definition) is 5. The number of piperidine rings is 1. The van der Waals surface area contributed by atoms with E-state index < -0.39 is 10.0 Å². The van der Waals surface area contributed by atoms with Crippen LogP contribution in [0.2, 0.25) is 5.02 Å². The Labute approximate surface area is 174 Å². The molecular formula is C20H22ClN5O2S. The Balaban J connectivity index is 1.46. The van der Waals surface area contributed by atoms with Crippen LogP contribution in [0.5, 0.6) is 0 Å². The van der Waals surface area contributed by atoms with Crippen LogP contribution in [-0.2, 0) is 17.1 Å². The molecule has 7 nitrogen and oxygen atoms in total. The minimum absolute atomic E-state index is 0.00314. The van der Waals surface area contributed by atoms with Gasteiger partial charge >= 0.3 is 0 Å². The van der Waals surface area contributed by atoms with Crippen molar-refractivity contribution < 1.29 is 8.42 Å². The molecule has 0 radical (unpaired) electrons. The Morgan fingerprint density at radius 1 is 1.17 bits per heavy atom. The minimum Gasteiger partial charge on any atom is -0.350 e. The normalized spacial score (nSPS) is 24.0. The summed E-state index contributed by atoms with van der Waals surface area (Å²) in [7, 11) is -1.20. The second-order valence-corrected chi connectivity index (χ2v) is 10.2. The van der Waals surface area contributed by atoms with Crippen LogP contribution in [-0.4, -0.2) is 47.3 Å². The molecule has 3 aromatic rings. The van der Waals surface area contributed by atoms with Gasteiger partial charge in [-0.05, 0) is 37.5 Å². The average molecular weight is 432 g/mol. The number of benzene rings is 1. The second-order valence-electron chi connectivity index (χ2n) is 8.01. The Kier molecular flexibility index (Phi) is 4.34. The molecular weight excluding hydrogens is 410 g/mol. The molecule has 9 heteroatoms. The van der Waals surface area contributed by atoms with Crippen molar-refractivity contribution >= 4 is 38.5 Å². The summed E-state index contributed by atoms with van der Waals surface area (Å²) in [6.07, 6.45) is 5.54. The number of anilines is 1. The Morgan fingerprint density at radius 2 is 1.90 bits per heavy atom. The molecule has 2 aromatic heterocycles. The first-order valence-corrected chi connectivity index (χ1v) is 11.9. The molecule has 0 spiro atoms.